The van der Waals surface area contributed by atoms with Gasteiger partial charge in [0.25, 0.3) is 5.91 Å². The fourth-order valence-corrected chi connectivity index (χ4v) is 3.31. The van der Waals surface area contributed by atoms with E-state index in [0.717, 1.165) is 25.7 Å². The Morgan fingerprint density at radius 3 is 2.37 bits per heavy atom. The first-order chi connectivity index (χ1) is 13.0. The number of hydrogen-bond acceptors (Lipinski definition) is 4. The number of carbonyl (C=O) groups excluding carboxylic acids is 3. The first-order valence-corrected chi connectivity index (χ1v) is 9.70. The second-order valence-electron chi connectivity index (χ2n) is 7.02. The van der Waals surface area contributed by atoms with E-state index in [1.165, 1.54) is 0 Å². The molecule has 0 radical (unpaired) electrons. The van der Waals surface area contributed by atoms with E-state index in [0.29, 0.717) is 50.1 Å². The van der Waals surface area contributed by atoms with Crippen LogP contribution in [0.3, 0.4) is 0 Å². The number of nitrogens with two attached hydrogens (primary N) is 2. The van der Waals surface area contributed by atoms with E-state index < -0.39 is 0 Å². The molecule has 148 valence electrons. The van der Waals surface area contributed by atoms with Crippen molar-refractivity contribution < 1.29 is 14.4 Å². The van der Waals surface area contributed by atoms with Crippen LogP contribution in [0.2, 0.25) is 0 Å². The fourth-order valence-electron chi connectivity index (χ4n) is 3.31. The maximum atomic E-state index is 12.9. The number of para-hydroxylation sites is 1. The summed E-state index contributed by atoms with van der Waals surface area (Å²) in [6, 6.07) is 7.05. The van der Waals surface area contributed by atoms with Gasteiger partial charge in [-0.1, -0.05) is 25.0 Å². The van der Waals surface area contributed by atoms with Crippen LogP contribution in [-0.2, 0) is 9.59 Å². The summed E-state index contributed by atoms with van der Waals surface area (Å²) in [7, 11) is 0. The fraction of sp³-hybridized carbons (Fsp3) is 0.550. The minimum Gasteiger partial charge on any atom is -0.369 e. The molecule has 0 atom stereocenters. The molecule has 7 nitrogen and oxygen atoms in total. The Kier molecular flexibility index (Phi) is 8.26. The van der Waals surface area contributed by atoms with Crippen LogP contribution < -0.4 is 16.8 Å². The Bertz CT molecular complexity index is 654. The first kappa shape index (κ1) is 20.9. The molecule has 7 heteroatoms. The number of carbonyl (C=O) groups is 3. The van der Waals surface area contributed by atoms with Gasteiger partial charge in [0, 0.05) is 25.4 Å². The van der Waals surface area contributed by atoms with E-state index in [1.807, 2.05) is 0 Å². The first-order valence-electron chi connectivity index (χ1n) is 9.70. The zero-order chi connectivity index (χ0) is 19.6. The van der Waals surface area contributed by atoms with Crippen LogP contribution in [0.5, 0.6) is 0 Å². The predicted octanol–water partition coefficient (Wildman–Crippen LogP) is 1.87. The van der Waals surface area contributed by atoms with Crippen LogP contribution in [0, 0.1) is 5.92 Å². The van der Waals surface area contributed by atoms with Crippen molar-refractivity contribution >= 4 is 23.4 Å². The molecule has 1 aromatic carbocycles. The average Bonchev–Trinajstić information content (AvgIpc) is 2.68. The second kappa shape index (κ2) is 10.7. The Hall–Kier alpha value is -2.41. The molecule has 0 aliphatic carbocycles. The molecule has 0 spiro atoms. The van der Waals surface area contributed by atoms with Gasteiger partial charge in [0.15, 0.2) is 0 Å². The van der Waals surface area contributed by atoms with Gasteiger partial charge in [-0.05, 0) is 44.4 Å². The van der Waals surface area contributed by atoms with Gasteiger partial charge in [0.1, 0.15) is 0 Å². The SMILES string of the molecule is NCCCCCCC(=O)Nc1ccccc1C(=O)N1CCC(C(N)=O)CC1. The van der Waals surface area contributed by atoms with Gasteiger partial charge in [-0.2, -0.15) is 0 Å². The monoisotopic (exact) mass is 374 g/mol. The number of nitrogens with zero attached hydrogens (tertiary/aromatic N) is 1. The summed E-state index contributed by atoms with van der Waals surface area (Å²) in [6.45, 7) is 1.67. The highest BCUT2D eigenvalue weighted by Gasteiger charge is 2.27. The standard InChI is InChI=1S/C20H30N4O3/c21-12-6-2-1-3-9-18(25)23-17-8-5-4-7-16(17)20(27)24-13-10-15(11-14-24)19(22)26/h4-5,7-8,15H,1-3,6,9-14,21H2,(H2,22,26)(H,23,25). The maximum absolute atomic E-state index is 12.9. The van der Waals surface area contributed by atoms with Crippen molar-refractivity contribution in [3.05, 3.63) is 29.8 Å². The lowest BCUT2D eigenvalue weighted by Gasteiger charge is -2.31. The van der Waals surface area contributed by atoms with E-state index in [1.54, 1.807) is 29.2 Å². The van der Waals surface area contributed by atoms with Crippen molar-refractivity contribution in [3.8, 4) is 0 Å². The molecular weight excluding hydrogens is 344 g/mol. The molecule has 3 amide bonds. The van der Waals surface area contributed by atoms with Gasteiger partial charge < -0.3 is 21.7 Å². The highest BCUT2D eigenvalue weighted by Crippen LogP contribution is 2.22. The molecule has 2 rings (SSSR count). The third kappa shape index (κ3) is 6.36. The molecule has 1 aliphatic rings. The molecule has 1 heterocycles. The zero-order valence-electron chi connectivity index (χ0n) is 15.8. The van der Waals surface area contributed by atoms with Crippen LogP contribution >= 0.6 is 0 Å². The van der Waals surface area contributed by atoms with Gasteiger partial charge in [-0.3, -0.25) is 14.4 Å². The second-order valence-corrected chi connectivity index (χ2v) is 7.02. The molecule has 0 aromatic heterocycles. The lowest BCUT2D eigenvalue weighted by Crippen LogP contribution is -2.42. The molecule has 0 unspecified atom stereocenters. The maximum Gasteiger partial charge on any atom is 0.255 e. The Balaban J connectivity index is 1.92. The topological polar surface area (TPSA) is 119 Å². The molecule has 1 aromatic rings. The number of primary amides is 1. The molecule has 1 saturated heterocycles. The van der Waals surface area contributed by atoms with Crippen LogP contribution in [0.25, 0.3) is 0 Å². The molecule has 1 aliphatic heterocycles. The Morgan fingerprint density at radius 1 is 1.04 bits per heavy atom. The Morgan fingerprint density at radius 2 is 1.70 bits per heavy atom. The number of nitrogens with one attached hydrogen (secondary N) is 1. The largest absolute Gasteiger partial charge is 0.369 e. The van der Waals surface area contributed by atoms with Crippen molar-refractivity contribution in [3.63, 3.8) is 0 Å². The lowest BCUT2D eigenvalue weighted by molar-refractivity contribution is -0.123. The van der Waals surface area contributed by atoms with Gasteiger partial charge in [-0.15, -0.1) is 0 Å². The molecule has 0 saturated carbocycles. The highest BCUT2D eigenvalue weighted by atomic mass is 16.2. The summed E-state index contributed by atoms with van der Waals surface area (Å²) in [5.74, 6) is -0.684. The summed E-state index contributed by atoms with van der Waals surface area (Å²) >= 11 is 0. The van der Waals surface area contributed by atoms with E-state index >= 15 is 0 Å². The van der Waals surface area contributed by atoms with Crippen molar-refractivity contribution in [2.45, 2.75) is 44.9 Å². The van der Waals surface area contributed by atoms with E-state index in [4.69, 9.17) is 11.5 Å². The number of likely N-dealkylation sites (tertiary alicyclic amines) is 1. The van der Waals surface area contributed by atoms with Crippen molar-refractivity contribution in [2.75, 3.05) is 25.0 Å². The number of rotatable bonds is 9. The van der Waals surface area contributed by atoms with Crippen molar-refractivity contribution in [1.82, 2.24) is 4.90 Å². The van der Waals surface area contributed by atoms with Crippen LogP contribution in [0.4, 0.5) is 5.69 Å². The number of benzene rings is 1. The molecule has 0 bridgehead atoms. The lowest BCUT2D eigenvalue weighted by atomic mass is 9.95. The third-order valence-electron chi connectivity index (χ3n) is 4.97. The minimum absolute atomic E-state index is 0.0876. The highest BCUT2D eigenvalue weighted by molar-refractivity contribution is 6.03. The summed E-state index contributed by atoms with van der Waals surface area (Å²) in [4.78, 5) is 38.1. The molecular formula is C20H30N4O3. The predicted molar refractivity (Wildman–Crippen MR) is 105 cm³/mol. The van der Waals surface area contributed by atoms with Crippen LogP contribution in [0.1, 0.15) is 55.3 Å². The van der Waals surface area contributed by atoms with Gasteiger partial charge >= 0.3 is 0 Å². The van der Waals surface area contributed by atoms with Crippen molar-refractivity contribution in [1.29, 1.82) is 0 Å². The average molecular weight is 374 g/mol. The van der Waals surface area contributed by atoms with E-state index in [2.05, 4.69) is 5.32 Å². The van der Waals surface area contributed by atoms with Crippen LogP contribution in [-0.4, -0.2) is 42.3 Å². The van der Waals surface area contributed by atoms with Crippen LogP contribution in [0.15, 0.2) is 24.3 Å². The number of hydrogen-bond donors (Lipinski definition) is 3. The Labute approximate surface area is 160 Å². The van der Waals surface area contributed by atoms with Gasteiger partial charge in [-0.25, -0.2) is 0 Å². The zero-order valence-corrected chi connectivity index (χ0v) is 15.8. The molecule has 5 N–H and O–H groups in total. The summed E-state index contributed by atoms with van der Waals surface area (Å²) in [5, 5.41) is 2.86. The minimum atomic E-state index is -0.304. The number of piperidine rings is 1. The quantitative estimate of drug-likeness (QED) is 0.572. The number of amides is 3. The number of unbranched alkanes of at least 4 members (excludes halogenated alkanes) is 3. The van der Waals surface area contributed by atoms with E-state index in [-0.39, 0.29) is 23.6 Å². The van der Waals surface area contributed by atoms with Gasteiger partial charge in [0.2, 0.25) is 11.8 Å². The normalized spacial score (nSPS) is 14.8. The number of anilines is 1. The summed E-state index contributed by atoms with van der Waals surface area (Å²) in [5.41, 5.74) is 11.8. The van der Waals surface area contributed by atoms with Gasteiger partial charge in [0.05, 0.1) is 11.3 Å². The summed E-state index contributed by atoms with van der Waals surface area (Å²) < 4.78 is 0. The molecule has 1 fully saturated rings. The third-order valence-corrected chi connectivity index (χ3v) is 4.97. The van der Waals surface area contributed by atoms with E-state index in [9.17, 15) is 14.4 Å². The summed E-state index contributed by atoms with van der Waals surface area (Å²) in [6.07, 6.45) is 5.38. The smallest absolute Gasteiger partial charge is 0.255 e. The molecule has 27 heavy (non-hydrogen) atoms. The van der Waals surface area contributed by atoms with Crippen molar-refractivity contribution in [2.24, 2.45) is 17.4 Å².